The minimum atomic E-state index is 0.514. The summed E-state index contributed by atoms with van der Waals surface area (Å²) < 4.78 is 0. The fraction of sp³-hybridized carbons (Fsp3) is 0.0355. The Morgan fingerprint density at radius 3 is 0.830 bits per heavy atom. The Balaban J connectivity index is 0.0000000898. The molecule has 12 aliphatic carbocycles. The Hall–Kier alpha value is -17.7. The van der Waals surface area contributed by atoms with Gasteiger partial charge in [0.1, 0.15) is 0 Å². The topological polar surface area (TPSA) is 0 Å². The van der Waals surface area contributed by atoms with Crippen molar-refractivity contribution >= 4 is 160 Å². The van der Waals surface area contributed by atoms with Gasteiger partial charge in [0, 0.05) is 17.8 Å². The number of hydrogen-bond acceptors (Lipinski definition) is 0. The summed E-state index contributed by atoms with van der Waals surface area (Å²) in [6.45, 7) is 0. The summed E-state index contributed by atoms with van der Waals surface area (Å²) in [7, 11) is 0. The first-order valence-electron chi connectivity index (χ1n) is 49.2. The summed E-state index contributed by atoms with van der Waals surface area (Å²) in [6.07, 6.45) is 70.1. The van der Waals surface area contributed by atoms with E-state index in [2.05, 4.69) is 589 Å². The van der Waals surface area contributed by atoms with E-state index in [9.17, 15) is 0 Å². The average molecular weight is 1800 g/mol. The van der Waals surface area contributed by atoms with Crippen molar-refractivity contribution in [3.8, 4) is 0 Å². The van der Waals surface area contributed by atoms with Crippen molar-refractivity contribution < 1.29 is 0 Å². The second-order valence-corrected chi connectivity index (χ2v) is 36.6. The molecule has 0 aromatic heterocycles. The van der Waals surface area contributed by atoms with Crippen LogP contribution in [0.25, 0.3) is 160 Å². The van der Waals surface area contributed by atoms with E-state index in [1.807, 2.05) is 0 Å². The highest BCUT2D eigenvalue weighted by atomic mass is 14.4. The fourth-order valence-electron chi connectivity index (χ4n) is 21.1. The van der Waals surface area contributed by atoms with E-state index in [0.717, 1.165) is 12.8 Å². The van der Waals surface area contributed by atoms with Gasteiger partial charge in [-0.25, -0.2) is 0 Å². The molecule has 0 heteroatoms. The van der Waals surface area contributed by atoms with Crippen LogP contribution in [-0.4, -0.2) is 0 Å². The van der Waals surface area contributed by atoms with Crippen molar-refractivity contribution in [2.24, 2.45) is 17.8 Å². The molecular formula is C141H104. The van der Waals surface area contributed by atoms with Crippen LogP contribution in [0.2, 0.25) is 0 Å². The van der Waals surface area contributed by atoms with Crippen molar-refractivity contribution in [3.63, 3.8) is 0 Å². The molecule has 141 heavy (non-hydrogen) atoms. The molecule has 32 rings (SSSR count). The van der Waals surface area contributed by atoms with Gasteiger partial charge in [-0.15, -0.1) is 0 Å². The number of allylic oxidation sites excluding steroid dienone is 35. The molecule has 0 heterocycles. The first-order chi connectivity index (χ1) is 70.0. The van der Waals surface area contributed by atoms with Crippen molar-refractivity contribution in [2.75, 3.05) is 0 Å². The van der Waals surface area contributed by atoms with Gasteiger partial charge in [0.05, 0.1) is 0 Å². The molecule has 0 fully saturated rings. The van der Waals surface area contributed by atoms with Gasteiger partial charge >= 0.3 is 0 Å². The van der Waals surface area contributed by atoms with Gasteiger partial charge in [-0.3, -0.25) is 0 Å². The van der Waals surface area contributed by atoms with E-state index in [4.69, 9.17) is 0 Å². The number of fused-ring (bicyclic) bond motifs is 20. The zero-order valence-corrected chi connectivity index (χ0v) is 78.6. The van der Waals surface area contributed by atoms with E-state index in [1.165, 1.54) is 212 Å². The molecule has 0 saturated heterocycles. The molecule has 0 amide bonds. The minimum Gasteiger partial charge on any atom is -0.0795 e. The highest BCUT2D eigenvalue weighted by molar-refractivity contribution is 6.25. The highest BCUT2D eigenvalue weighted by Gasteiger charge is 2.36. The van der Waals surface area contributed by atoms with Crippen LogP contribution in [0.5, 0.6) is 0 Å². The number of hydrogen-bond donors (Lipinski definition) is 0. The van der Waals surface area contributed by atoms with E-state index >= 15 is 0 Å². The standard InChI is InChI=1S/2C18H12.C16H12.2C14H10.C13H10.C12H8.C10H8.2C9H8.C8H6/c1-3-7-15-13(5-1)9-11-18-16-8-4-2-6-14(16)10-12-17(15)18;1-2-8-14-13(7-1)15-9-3-4-11-17(15)18-12-6-5-10-16(14)18;1-3-11-7-9-13-5-2-6-14-10-8-12(4-1)15(11)16(13)14;1-3-7-13-11(5-1)9-10-12-6-2-4-8-14(12)13;1-2-6-12-10-14-8-4-3-7-13(14)9-11(12)5-1;1-4-10-6-2-8-12-9-3-7-11(5-1)13(10)12;1-3-9-4-2-6-11-8-7-10(5-1)12(9)11;1-2-6-10-8-4-3-7-9(10)5-1;2*1-2-5-9-7-3-6-8(9)4-1;1-3-7-5-2-6-8(7)4-1/h2*1-12H;1-10,15-16H;2*1-10H;1-9,13H;1-8H;1-8H;1-2,4-7H,3H2;1-6H,7H2;1-6H. The molecule has 2 atom stereocenters. The van der Waals surface area contributed by atoms with E-state index in [0.29, 0.717) is 17.8 Å². The molecule has 0 aliphatic heterocycles. The fourth-order valence-corrected chi connectivity index (χ4v) is 21.1. The summed E-state index contributed by atoms with van der Waals surface area (Å²) in [5, 5.41) is 34.7. The summed E-state index contributed by atoms with van der Waals surface area (Å²) in [4.78, 5) is 0. The Labute approximate surface area is 825 Å². The van der Waals surface area contributed by atoms with Gasteiger partial charge in [-0.2, -0.15) is 0 Å². The predicted octanol–water partition coefficient (Wildman–Crippen LogP) is 36.1. The maximum absolute atomic E-state index is 2.27. The highest BCUT2D eigenvalue weighted by Crippen LogP contribution is 2.49. The SMILES string of the molecule is C1=CC2=CC=C3C=CC=C4C=CC(=C1)C2C43.C1=CC2=CC=CC2=C1.C1=CC2=CC=CC3=CC=CC(=C1)C23.C1=Cc2cccc3cccc1c23.C1=Cc2ccccc2C1.C1=c2ccccc2=CC1.c1ccc2c(c1)c1ccccc1c1ccccc21.c1ccc2c(c1)ccc1c3ccccc3ccc21.c1ccc2c(c1)ccc1ccccc12.c1ccc2cc3ccccc3cc2c1.c1ccc2ccccc2c1. The van der Waals surface area contributed by atoms with Crippen molar-refractivity contribution in [3.05, 3.63) is 641 Å². The number of benzene rings is 20. The van der Waals surface area contributed by atoms with Crippen LogP contribution in [0.4, 0.5) is 0 Å². The van der Waals surface area contributed by atoms with Crippen molar-refractivity contribution in [1.29, 1.82) is 0 Å². The van der Waals surface area contributed by atoms with Gasteiger partial charge in [-0.05, 0) is 237 Å². The third kappa shape index (κ3) is 19.5. The Morgan fingerprint density at radius 1 is 0.170 bits per heavy atom. The molecule has 668 valence electrons. The van der Waals surface area contributed by atoms with Crippen molar-refractivity contribution in [1.82, 2.24) is 0 Å². The maximum atomic E-state index is 2.27. The van der Waals surface area contributed by atoms with E-state index in [-0.39, 0.29) is 0 Å². The predicted molar refractivity (Wildman–Crippen MR) is 612 cm³/mol. The van der Waals surface area contributed by atoms with Crippen LogP contribution in [0.15, 0.2) is 609 Å². The largest absolute Gasteiger partial charge is 0.0795 e. The summed E-state index contributed by atoms with van der Waals surface area (Å²) in [5.41, 5.74) is 18.3. The molecule has 20 aromatic rings. The first kappa shape index (κ1) is 88.6. The molecule has 0 N–H and O–H groups in total. The smallest absolute Gasteiger partial charge is 0.0339 e. The summed E-state index contributed by atoms with van der Waals surface area (Å²) in [5.74, 6) is 1.64. The van der Waals surface area contributed by atoms with Crippen molar-refractivity contribution in [2.45, 2.75) is 12.8 Å². The molecule has 0 radical (unpaired) electrons. The normalized spacial score (nSPS) is 15.6. The van der Waals surface area contributed by atoms with Gasteiger partial charge in [0.25, 0.3) is 0 Å². The van der Waals surface area contributed by atoms with Crippen LogP contribution < -0.4 is 10.4 Å². The first-order valence-corrected chi connectivity index (χ1v) is 49.2. The molecule has 0 spiro atoms. The summed E-state index contributed by atoms with van der Waals surface area (Å²) in [6, 6.07) is 141. The van der Waals surface area contributed by atoms with Crippen LogP contribution in [0, 0.1) is 17.8 Å². The summed E-state index contributed by atoms with van der Waals surface area (Å²) >= 11 is 0. The maximum Gasteiger partial charge on any atom is 0.0339 e. The third-order valence-electron chi connectivity index (χ3n) is 28.0. The zero-order chi connectivity index (χ0) is 94.3. The van der Waals surface area contributed by atoms with Gasteiger partial charge in [0.15, 0.2) is 0 Å². The number of rotatable bonds is 0. The van der Waals surface area contributed by atoms with Crippen LogP contribution in [-0.2, 0) is 6.42 Å². The third-order valence-corrected chi connectivity index (χ3v) is 28.0. The molecule has 0 saturated carbocycles. The van der Waals surface area contributed by atoms with Crippen LogP contribution in [0.1, 0.15) is 28.7 Å². The lowest BCUT2D eigenvalue weighted by molar-refractivity contribution is 0.564. The molecule has 20 aromatic carbocycles. The Morgan fingerprint density at radius 2 is 0.447 bits per heavy atom. The molecule has 2 unspecified atom stereocenters. The average Bonchev–Trinajstić information content (AvgIpc) is 1.64. The second-order valence-electron chi connectivity index (χ2n) is 36.6. The van der Waals surface area contributed by atoms with E-state index < -0.39 is 0 Å². The van der Waals surface area contributed by atoms with Crippen LogP contribution in [0.3, 0.4) is 0 Å². The quantitative estimate of drug-likeness (QED) is 0.105. The monoisotopic (exact) mass is 1800 g/mol. The molecular weight excluding hydrogens is 1690 g/mol. The Bertz CT molecular complexity index is 8340. The molecule has 0 nitrogen and oxygen atoms in total. The van der Waals surface area contributed by atoms with Gasteiger partial charge in [-0.1, -0.05) is 577 Å². The molecule has 0 bridgehead atoms. The zero-order valence-electron chi connectivity index (χ0n) is 78.6. The minimum absolute atomic E-state index is 0.514. The lowest BCUT2D eigenvalue weighted by Crippen LogP contribution is -2.28. The lowest BCUT2D eigenvalue weighted by atomic mass is 9.65. The second kappa shape index (κ2) is 41.9. The van der Waals surface area contributed by atoms with Crippen LogP contribution >= 0.6 is 0 Å². The molecule has 12 aliphatic rings. The van der Waals surface area contributed by atoms with Gasteiger partial charge in [0.2, 0.25) is 0 Å². The van der Waals surface area contributed by atoms with E-state index in [1.54, 1.807) is 0 Å². The lowest BCUT2D eigenvalue weighted by Gasteiger charge is -2.39. The Kier molecular flexibility index (Phi) is 26.3. The van der Waals surface area contributed by atoms with Gasteiger partial charge < -0.3 is 0 Å².